The summed E-state index contributed by atoms with van der Waals surface area (Å²) < 4.78 is 16.0. The zero-order valence-electron chi connectivity index (χ0n) is 10.8. The maximum absolute atomic E-state index is 12.6. The molecule has 2 heterocycles. The normalized spacial score (nSPS) is 12.8. The highest BCUT2D eigenvalue weighted by atomic mass is 16.7. The maximum atomic E-state index is 12.6. The molecule has 104 valence electrons. The van der Waals surface area contributed by atoms with Gasteiger partial charge in [0.1, 0.15) is 17.6 Å². The minimum absolute atomic E-state index is 0.0323. The monoisotopic (exact) mass is 282 g/mol. The number of phenols is 1. The van der Waals surface area contributed by atoms with Crippen LogP contribution >= 0.6 is 0 Å². The van der Waals surface area contributed by atoms with Gasteiger partial charge in [-0.05, 0) is 12.1 Å². The molecule has 0 saturated heterocycles. The Kier molecular flexibility index (Phi) is 2.41. The fourth-order valence-electron chi connectivity index (χ4n) is 2.41. The van der Waals surface area contributed by atoms with E-state index < -0.39 is 0 Å². The van der Waals surface area contributed by atoms with Crippen molar-refractivity contribution in [1.29, 1.82) is 0 Å². The summed E-state index contributed by atoms with van der Waals surface area (Å²) >= 11 is 0. The van der Waals surface area contributed by atoms with E-state index >= 15 is 0 Å². The molecule has 0 aliphatic carbocycles. The van der Waals surface area contributed by atoms with Crippen LogP contribution in [0.2, 0.25) is 0 Å². The van der Waals surface area contributed by atoms with E-state index in [0.29, 0.717) is 33.6 Å². The highest BCUT2D eigenvalue weighted by molar-refractivity contribution is 5.85. The lowest BCUT2D eigenvalue weighted by Gasteiger charge is -2.05. The second kappa shape index (κ2) is 4.28. The zero-order valence-corrected chi connectivity index (χ0v) is 10.8. The van der Waals surface area contributed by atoms with Gasteiger partial charge in [0.2, 0.25) is 12.2 Å². The van der Waals surface area contributed by atoms with Gasteiger partial charge in [-0.25, -0.2) is 0 Å². The van der Waals surface area contributed by atoms with Gasteiger partial charge in [0.05, 0.1) is 10.9 Å². The lowest BCUT2D eigenvalue weighted by atomic mass is 10.0. The van der Waals surface area contributed by atoms with E-state index in [1.807, 2.05) is 0 Å². The van der Waals surface area contributed by atoms with Crippen molar-refractivity contribution in [3.05, 3.63) is 52.9 Å². The summed E-state index contributed by atoms with van der Waals surface area (Å²) in [7, 11) is 0. The molecule has 0 unspecified atom stereocenters. The molecule has 0 radical (unpaired) electrons. The van der Waals surface area contributed by atoms with Crippen molar-refractivity contribution in [3.63, 3.8) is 0 Å². The van der Waals surface area contributed by atoms with Crippen LogP contribution in [0.4, 0.5) is 0 Å². The standard InChI is InChI=1S/C16H10O5/c17-12-4-2-1-3-9(12)11-7-19-13-6-15-14(20-8-21-15)5-10(13)16(11)18/h1-7,17H,8H2. The van der Waals surface area contributed by atoms with Crippen molar-refractivity contribution >= 4 is 11.0 Å². The van der Waals surface area contributed by atoms with Crippen LogP contribution in [0, 0.1) is 0 Å². The quantitative estimate of drug-likeness (QED) is 0.743. The molecule has 3 aromatic rings. The molecule has 21 heavy (non-hydrogen) atoms. The summed E-state index contributed by atoms with van der Waals surface area (Å²) in [6.07, 6.45) is 1.35. The van der Waals surface area contributed by atoms with Crippen LogP contribution in [0.3, 0.4) is 0 Å². The van der Waals surface area contributed by atoms with Crippen molar-refractivity contribution in [2.24, 2.45) is 0 Å². The molecule has 1 aliphatic heterocycles. The van der Waals surface area contributed by atoms with E-state index in [2.05, 4.69) is 0 Å². The summed E-state index contributed by atoms with van der Waals surface area (Å²) in [6.45, 7) is 0.131. The summed E-state index contributed by atoms with van der Waals surface area (Å²) in [4.78, 5) is 12.6. The first-order valence-corrected chi connectivity index (χ1v) is 6.37. The number of benzene rings is 2. The number of hydrogen-bond acceptors (Lipinski definition) is 5. The van der Waals surface area contributed by atoms with Crippen LogP contribution in [0.15, 0.2) is 51.9 Å². The minimum Gasteiger partial charge on any atom is -0.507 e. The number of phenolic OH excluding ortho intramolecular Hbond substituents is 1. The molecule has 0 spiro atoms. The SMILES string of the molecule is O=c1c(-c2ccccc2O)coc2cc3c(cc12)OCO3. The van der Waals surface area contributed by atoms with Gasteiger partial charge < -0.3 is 19.0 Å². The van der Waals surface area contributed by atoms with Gasteiger partial charge in [-0.3, -0.25) is 4.79 Å². The average molecular weight is 282 g/mol. The summed E-state index contributed by atoms with van der Waals surface area (Å²) in [6, 6.07) is 9.87. The number of aromatic hydroxyl groups is 1. The molecule has 5 nitrogen and oxygen atoms in total. The highest BCUT2D eigenvalue weighted by Crippen LogP contribution is 2.36. The summed E-state index contributed by atoms with van der Waals surface area (Å²) in [5.74, 6) is 1.11. The molecule has 4 rings (SSSR count). The maximum Gasteiger partial charge on any atom is 0.231 e. The van der Waals surface area contributed by atoms with Crippen LogP contribution in [0.5, 0.6) is 17.2 Å². The first kappa shape index (κ1) is 11.8. The Balaban J connectivity index is 2.01. The van der Waals surface area contributed by atoms with Gasteiger partial charge >= 0.3 is 0 Å². The Morgan fingerprint density at radius 1 is 1.00 bits per heavy atom. The zero-order chi connectivity index (χ0) is 14.4. The third-order valence-corrected chi connectivity index (χ3v) is 3.46. The lowest BCUT2D eigenvalue weighted by Crippen LogP contribution is -2.04. The van der Waals surface area contributed by atoms with Gasteiger partial charge in [-0.2, -0.15) is 0 Å². The number of hydrogen-bond donors (Lipinski definition) is 1. The van der Waals surface area contributed by atoms with Gasteiger partial charge in [-0.1, -0.05) is 18.2 Å². The van der Waals surface area contributed by atoms with Crippen LogP contribution in [0.1, 0.15) is 0 Å². The van der Waals surface area contributed by atoms with E-state index in [4.69, 9.17) is 13.9 Å². The molecule has 0 fully saturated rings. The molecule has 1 aromatic heterocycles. The van der Waals surface area contributed by atoms with Crippen molar-refractivity contribution < 1.29 is 19.0 Å². The van der Waals surface area contributed by atoms with Crippen molar-refractivity contribution in [2.45, 2.75) is 0 Å². The van der Waals surface area contributed by atoms with Gasteiger partial charge in [0.25, 0.3) is 0 Å². The third-order valence-electron chi connectivity index (χ3n) is 3.46. The van der Waals surface area contributed by atoms with E-state index in [9.17, 15) is 9.90 Å². The molecular formula is C16H10O5. The van der Waals surface area contributed by atoms with Crippen LogP contribution in [-0.2, 0) is 0 Å². The smallest absolute Gasteiger partial charge is 0.231 e. The molecule has 0 bridgehead atoms. The molecule has 5 heteroatoms. The molecule has 1 N–H and O–H groups in total. The topological polar surface area (TPSA) is 68.9 Å². The molecule has 0 saturated carbocycles. The number of ether oxygens (including phenoxy) is 2. The Morgan fingerprint density at radius 3 is 2.57 bits per heavy atom. The van der Waals surface area contributed by atoms with Crippen molar-refractivity contribution in [1.82, 2.24) is 0 Å². The van der Waals surface area contributed by atoms with Crippen LogP contribution in [0.25, 0.3) is 22.1 Å². The minimum atomic E-state index is -0.226. The fraction of sp³-hybridized carbons (Fsp3) is 0.0625. The Morgan fingerprint density at radius 2 is 1.76 bits per heavy atom. The Labute approximate surface area is 119 Å². The Hall–Kier alpha value is -2.95. The van der Waals surface area contributed by atoms with Crippen LogP contribution in [-0.4, -0.2) is 11.9 Å². The van der Waals surface area contributed by atoms with Gasteiger partial charge in [0, 0.05) is 11.6 Å². The molecule has 0 amide bonds. The van der Waals surface area contributed by atoms with Crippen molar-refractivity contribution in [2.75, 3.05) is 6.79 Å². The van der Waals surface area contributed by atoms with Gasteiger partial charge in [0.15, 0.2) is 11.5 Å². The molecular weight excluding hydrogens is 272 g/mol. The lowest BCUT2D eigenvalue weighted by molar-refractivity contribution is 0.174. The Bertz CT molecular complexity index is 910. The number of para-hydroxylation sites is 1. The summed E-state index contributed by atoms with van der Waals surface area (Å²) in [5, 5.41) is 10.3. The second-order valence-electron chi connectivity index (χ2n) is 4.70. The second-order valence-corrected chi connectivity index (χ2v) is 4.70. The molecule has 1 aliphatic rings. The largest absolute Gasteiger partial charge is 0.507 e. The molecule has 2 aromatic carbocycles. The first-order chi connectivity index (χ1) is 10.2. The van der Waals surface area contributed by atoms with Gasteiger partial charge in [-0.15, -0.1) is 0 Å². The van der Waals surface area contributed by atoms with E-state index in [1.165, 1.54) is 12.3 Å². The molecule has 0 atom stereocenters. The van der Waals surface area contributed by atoms with E-state index in [-0.39, 0.29) is 18.0 Å². The van der Waals surface area contributed by atoms with E-state index in [1.54, 1.807) is 30.3 Å². The number of rotatable bonds is 1. The van der Waals surface area contributed by atoms with Crippen molar-refractivity contribution in [3.8, 4) is 28.4 Å². The van der Waals surface area contributed by atoms with E-state index in [0.717, 1.165) is 0 Å². The predicted molar refractivity (Wildman–Crippen MR) is 75.7 cm³/mol. The highest BCUT2D eigenvalue weighted by Gasteiger charge is 2.18. The average Bonchev–Trinajstić information content (AvgIpc) is 2.94. The predicted octanol–water partition coefficient (Wildman–Crippen LogP) is 2.89. The third kappa shape index (κ3) is 1.74. The fourth-order valence-corrected chi connectivity index (χ4v) is 2.41. The summed E-state index contributed by atoms with van der Waals surface area (Å²) in [5.41, 5.74) is 0.935. The first-order valence-electron chi connectivity index (χ1n) is 6.37. The number of fused-ring (bicyclic) bond motifs is 2. The van der Waals surface area contributed by atoms with Crippen LogP contribution < -0.4 is 14.9 Å².